The van der Waals surface area contributed by atoms with Gasteiger partial charge in [0.25, 0.3) is 0 Å². The van der Waals surface area contributed by atoms with Crippen LogP contribution in [0.4, 0.5) is 9.59 Å². The van der Waals surface area contributed by atoms with E-state index in [1.165, 1.54) is 0 Å². The Morgan fingerprint density at radius 3 is 0.909 bits per heavy atom. The molecule has 0 fully saturated rings. The van der Waals surface area contributed by atoms with E-state index in [2.05, 4.69) is 11.5 Å². The molecule has 72 valence electrons. The molecule has 0 heterocycles. The summed E-state index contributed by atoms with van der Waals surface area (Å²) in [5, 5.41) is 14.4. The molecule has 0 aliphatic heterocycles. The molecule has 0 saturated carbocycles. The first-order valence-corrected chi connectivity index (χ1v) is 1.43. The summed E-state index contributed by atoms with van der Waals surface area (Å²) in [6.45, 7) is 0. The lowest BCUT2D eigenvalue weighted by Gasteiger charge is -1.61. The van der Waals surface area contributed by atoms with Gasteiger partial charge in [0.15, 0.2) is 0 Å². The van der Waals surface area contributed by atoms with Gasteiger partial charge < -0.3 is 34.0 Å². The van der Waals surface area contributed by atoms with Crippen LogP contribution in [-0.2, 0) is 0 Å². The van der Waals surface area contributed by atoms with Gasteiger partial charge in [0, 0.05) is 0 Å². The van der Waals surface area contributed by atoms with Crippen LogP contribution in [-0.4, -0.2) is 22.4 Å². The SMILES string of the molecule is C.N.N.NC(=O)O.NC(=O)O. The molecule has 11 heavy (non-hydrogen) atoms. The van der Waals surface area contributed by atoms with E-state index in [0.29, 0.717) is 0 Å². The molecular weight excluding hydrogens is 156 g/mol. The molecule has 0 bridgehead atoms. The minimum absolute atomic E-state index is 0. The topological polar surface area (TPSA) is 197 Å². The normalized spacial score (nSPS) is 4.36. The lowest BCUT2D eigenvalue weighted by Crippen LogP contribution is -2.03. The zero-order chi connectivity index (χ0) is 7.15. The van der Waals surface area contributed by atoms with Crippen LogP contribution in [0.2, 0.25) is 0 Å². The first-order chi connectivity index (χ1) is 3.46. The van der Waals surface area contributed by atoms with Gasteiger partial charge in [-0.2, -0.15) is 0 Å². The van der Waals surface area contributed by atoms with Crippen molar-refractivity contribution in [2.24, 2.45) is 11.5 Å². The molecule has 0 unspecified atom stereocenters. The first-order valence-electron chi connectivity index (χ1n) is 1.43. The molecule has 2 amide bonds. The molecule has 0 aliphatic rings. The first kappa shape index (κ1) is 34.0. The molecule has 0 aromatic heterocycles. The summed E-state index contributed by atoms with van der Waals surface area (Å²) in [6, 6.07) is 0. The summed E-state index contributed by atoms with van der Waals surface area (Å²) in [7, 11) is 0. The van der Waals surface area contributed by atoms with Crippen molar-refractivity contribution in [1.82, 2.24) is 12.3 Å². The van der Waals surface area contributed by atoms with Crippen LogP contribution in [0.5, 0.6) is 0 Å². The van der Waals surface area contributed by atoms with Crippen LogP contribution < -0.4 is 23.8 Å². The number of primary amides is 2. The van der Waals surface area contributed by atoms with Crippen LogP contribution in [0, 0.1) is 0 Å². The van der Waals surface area contributed by atoms with E-state index in [0.717, 1.165) is 0 Å². The molecule has 8 heteroatoms. The Bertz CT molecular complexity index is 75.3. The third-order valence-electron chi connectivity index (χ3n) is 0. The molecule has 0 aromatic carbocycles. The quantitative estimate of drug-likeness (QED) is 0.301. The number of hydrogen-bond donors (Lipinski definition) is 6. The summed E-state index contributed by atoms with van der Waals surface area (Å²) >= 11 is 0. The van der Waals surface area contributed by atoms with Crippen LogP contribution in [0.3, 0.4) is 0 Å². The average molecular weight is 172 g/mol. The average Bonchev–Trinajstić information content (AvgIpc) is 1.25. The predicted octanol–water partition coefficient (Wildman–Crippen LogP) is 0.206. The fourth-order valence-corrected chi connectivity index (χ4v) is 0. The van der Waals surface area contributed by atoms with Gasteiger partial charge in [-0.1, -0.05) is 7.43 Å². The molecule has 12 N–H and O–H groups in total. The highest BCUT2D eigenvalue weighted by molar-refractivity contribution is 5.61. The zero-order valence-electron chi connectivity index (χ0n) is 5.28. The lowest BCUT2D eigenvalue weighted by atomic mass is 11.3. The fourth-order valence-electron chi connectivity index (χ4n) is 0. The van der Waals surface area contributed by atoms with Crippen LogP contribution in [0.25, 0.3) is 0 Å². The second-order valence-electron chi connectivity index (χ2n) is 0.676. The number of carbonyl (C=O) groups is 2. The van der Waals surface area contributed by atoms with Gasteiger partial charge >= 0.3 is 12.2 Å². The van der Waals surface area contributed by atoms with Crippen molar-refractivity contribution in [3.63, 3.8) is 0 Å². The summed E-state index contributed by atoms with van der Waals surface area (Å²) in [5.74, 6) is 0. The lowest BCUT2D eigenvalue weighted by molar-refractivity contribution is 0.204. The van der Waals surface area contributed by atoms with Crippen molar-refractivity contribution in [3.05, 3.63) is 0 Å². The van der Waals surface area contributed by atoms with E-state index >= 15 is 0 Å². The minimum atomic E-state index is -1.33. The Morgan fingerprint density at radius 2 is 0.909 bits per heavy atom. The van der Waals surface area contributed by atoms with Crippen molar-refractivity contribution in [3.8, 4) is 0 Å². The van der Waals surface area contributed by atoms with Crippen LogP contribution in [0.1, 0.15) is 7.43 Å². The highest BCUT2D eigenvalue weighted by Crippen LogP contribution is 1.35. The Labute approximate surface area is 64.3 Å². The molecule has 8 nitrogen and oxygen atoms in total. The second kappa shape index (κ2) is 23.7. The molecule has 0 aliphatic carbocycles. The van der Waals surface area contributed by atoms with E-state index in [1.807, 2.05) is 0 Å². The number of rotatable bonds is 0. The molecule has 0 aromatic rings. The fraction of sp³-hybridized carbons (Fsp3) is 0.333. The summed E-state index contributed by atoms with van der Waals surface area (Å²) < 4.78 is 0. The smallest absolute Gasteiger partial charge is 0.402 e. The molecule has 0 spiro atoms. The van der Waals surface area contributed by atoms with Crippen molar-refractivity contribution in [1.29, 1.82) is 0 Å². The minimum Gasteiger partial charge on any atom is -0.465 e. The Kier molecular flexibility index (Phi) is 73.2. The van der Waals surface area contributed by atoms with Gasteiger partial charge in [0.05, 0.1) is 0 Å². The number of hydrogen-bond acceptors (Lipinski definition) is 4. The standard InChI is InChI=1S/2CH3NO2.CH4.2H3N/c2*2-1(3)4;;;/h2*2H2,(H,3,4);1H4;2*1H3. The summed E-state index contributed by atoms with van der Waals surface area (Å²) in [4.78, 5) is 17.6. The molecule has 0 saturated heterocycles. The van der Waals surface area contributed by atoms with E-state index in [-0.39, 0.29) is 19.7 Å². The Balaban J connectivity index is -0.0000000171. The third-order valence-corrected chi connectivity index (χ3v) is 0. The molecule has 0 radical (unpaired) electrons. The maximum Gasteiger partial charge on any atom is 0.402 e. The summed E-state index contributed by atoms with van der Waals surface area (Å²) in [5.41, 5.74) is 8.06. The Morgan fingerprint density at radius 1 is 0.909 bits per heavy atom. The molecule has 0 atom stereocenters. The zero-order valence-corrected chi connectivity index (χ0v) is 5.28. The Hall–Kier alpha value is -1.54. The monoisotopic (exact) mass is 172 g/mol. The van der Waals surface area contributed by atoms with Gasteiger partial charge in [0.2, 0.25) is 0 Å². The van der Waals surface area contributed by atoms with E-state index in [9.17, 15) is 0 Å². The van der Waals surface area contributed by atoms with E-state index in [1.54, 1.807) is 0 Å². The highest BCUT2D eigenvalue weighted by atomic mass is 16.4. The highest BCUT2D eigenvalue weighted by Gasteiger charge is 1.65. The van der Waals surface area contributed by atoms with Crippen molar-refractivity contribution in [2.45, 2.75) is 7.43 Å². The van der Waals surface area contributed by atoms with Crippen molar-refractivity contribution in [2.75, 3.05) is 0 Å². The molecular formula is C3H16N4O4. The van der Waals surface area contributed by atoms with Crippen molar-refractivity contribution >= 4 is 12.2 Å². The number of nitrogens with two attached hydrogens (primary N) is 2. The maximum absolute atomic E-state index is 8.78. The predicted molar refractivity (Wildman–Crippen MR) is 41.2 cm³/mol. The van der Waals surface area contributed by atoms with Crippen LogP contribution >= 0.6 is 0 Å². The van der Waals surface area contributed by atoms with Crippen molar-refractivity contribution < 1.29 is 19.8 Å². The summed E-state index contributed by atoms with van der Waals surface area (Å²) in [6.07, 6.45) is -2.67. The number of carboxylic acid groups (broad SMARTS) is 2. The third kappa shape index (κ3) is 149. The van der Waals surface area contributed by atoms with Gasteiger partial charge in [-0.05, 0) is 0 Å². The van der Waals surface area contributed by atoms with Crippen LogP contribution in [0.15, 0.2) is 0 Å². The van der Waals surface area contributed by atoms with E-state index in [4.69, 9.17) is 19.8 Å². The molecule has 0 rings (SSSR count). The van der Waals surface area contributed by atoms with E-state index < -0.39 is 12.2 Å². The largest absolute Gasteiger partial charge is 0.465 e. The maximum atomic E-state index is 8.78. The second-order valence-corrected chi connectivity index (χ2v) is 0.676. The van der Waals surface area contributed by atoms with Gasteiger partial charge in [0.1, 0.15) is 0 Å². The van der Waals surface area contributed by atoms with Gasteiger partial charge in [-0.3, -0.25) is 0 Å². The number of amides is 2. The van der Waals surface area contributed by atoms with Gasteiger partial charge in [-0.15, -0.1) is 0 Å². The van der Waals surface area contributed by atoms with Gasteiger partial charge in [-0.25, -0.2) is 9.59 Å².